The first kappa shape index (κ1) is 10.9. The maximum Gasteiger partial charge on any atom is 0.371 e. The van der Waals surface area contributed by atoms with Crippen LogP contribution >= 0.6 is 0 Å². The lowest BCUT2D eigenvalue weighted by Crippen LogP contribution is -1.95. The molecule has 2 rings (SSSR count). The average Bonchev–Trinajstić information content (AvgIpc) is 2.78. The second-order valence-electron chi connectivity index (χ2n) is 3.36. The van der Waals surface area contributed by atoms with Crippen LogP contribution in [0.1, 0.15) is 20.9 Å². The third-order valence-corrected chi connectivity index (χ3v) is 2.21. The first-order chi connectivity index (χ1) is 8.08. The van der Waals surface area contributed by atoms with Gasteiger partial charge in [0, 0.05) is 5.56 Å². The lowest BCUT2D eigenvalue weighted by Gasteiger charge is -1.98. The molecule has 0 aliphatic rings. The summed E-state index contributed by atoms with van der Waals surface area (Å²) >= 11 is 0. The SMILES string of the molecule is O=C(O)c1cccc(-c2ccc(C(=O)O)o2)c1. The summed E-state index contributed by atoms with van der Waals surface area (Å²) < 4.78 is 5.07. The minimum atomic E-state index is -1.16. The Hall–Kier alpha value is -2.56. The second-order valence-corrected chi connectivity index (χ2v) is 3.36. The van der Waals surface area contributed by atoms with E-state index in [0.29, 0.717) is 11.3 Å². The van der Waals surface area contributed by atoms with E-state index in [1.165, 1.54) is 24.3 Å². The Morgan fingerprint density at radius 3 is 2.35 bits per heavy atom. The van der Waals surface area contributed by atoms with Crippen LogP contribution in [-0.2, 0) is 0 Å². The number of rotatable bonds is 3. The van der Waals surface area contributed by atoms with Crippen LogP contribution in [0.3, 0.4) is 0 Å². The highest BCUT2D eigenvalue weighted by molar-refractivity contribution is 5.89. The highest BCUT2D eigenvalue weighted by atomic mass is 16.4. The van der Waals surface area contributed by atoms with E-state index in [9.17, 15) is 9.59 Å². The maximum absolute atomic E-state index is 10.8. The van der Waals surface area contributed by atoms with Crippen molar-refractivity contribution in [2.75, 3.05) is 0 Å². The van der Waals surface area contributed by atoms with Crippen molar-refractivity contribution in [3.05, 3.63) is 47.7 Å². The van der Waals surface area contributed by atoms with Crippen molar-refractivity contribution in [3.63, 3.8) is 0 Å². The number of hydrogen-bond acceptors (Lipinski definition) is 3. The monoisotopic (exact) mass is 232 g/mol. The van der Waals surface area contributed by atoms with Gasteiger partial charge in [-0.15, -0.1) is 0 Å². The molecule has 5 nitrogen and oxygen atoms in total. The number of carbonyl (C=O) groups is 2. The molecule has 86 valence electrons. The van der Waals surface area contributed by atoms with Crippen LogP contribution in [0.15, 0.2) is 40.8 Å². The Morgan fingerprint density at radius 1 is 1.00 bits per heavy atom. The Labute approximate surface area is 95.9 Å². The predicted octanol–water partition coefficient (Wildman–Crippen LogP) is 2.34. The average molecular weight is 232 g/mol. The molecule has 0 radical (unpaired) electrons. The van der Waals surface area contributed by atoms with E-state index < -0.39 is 11.9 Å². The molecule has 5 heteroatoms. The van der Waals surface area contributed by atoms with Gasteiger partial charge in [0.05, 0.1) is 5.56 Å². The fraction of sp³-hybridized carbons (Fsp3) is 0. The zero-order chi connectivity index (χ0) is 12.4. The molecular weight excluding hydrogens is 224 g/mol. The smallest absolute Gasteiger partial charge is 0.371 e. The highest BCUT2D eigenvalue weighted by Crippen LogP contribution is 2.23. The van der Waals surface area contributed by atoms with Gasteiger partial charge in [0.2, 0.25) is 5.76 Å². The number of benzene rings is 1. The van der Waals surface area contributed by atoms with Crippen molar-refractivity contribution >= 4 is 11.9 Å². The zero-order valence-electron chi connectivity index (χ0n) is 8.58. The Bertz CT molecular complexity index is 582. The summed E-state index contributed by atoms with van der Waals surface area (Å²) in [5, 5.41) is 17.5. The molecule has 2 N–H and O–H groups in total. The van der Waals surface area contributed by atoms with E-state index >= 15 is 0 Å². The van der Waals surface area contributed by atoms with Crippen LogP contribution in [-0.4, -0.2) is 22.2 Å². The van der Waals surface area contributed by atoms with Crippen molar-refractivity contribution in [3.8, 4) is 11.3 Å². The molecule has 1 heterocycles. The van der Waals surface area contributed by atoms with E-state index in [2.05, 4.69) is 0 Å². The van der Waals surface area contributed by atoms with Crippen molar-refractivity contribution < 1.29 is 24.2 Å². The minimum Gasteiger partial charge on any atom is -0.478 e. The van der Waals surface area contributed by atoms with Gasteiger partial charge in [-0.3, -0.25) is 0 Å². The molecule has 0 aliphatic carbocycles. The van der Waals surface area contributed by atoms with E-state index in [0.717, 1.165) is 0 Å². The number of hydrogen-bond donors (Lipinski definition) is 2. The topological polar surface area (TPSA) is 87.7 Å². The molecule has 0 unspecified atom stereocenters. The summed E-state index contributed by atoms with van der Waals surface area (Å²) in [4.78, 5) is 21.4. The van der Waals surface area contributed by atoms with Crippen molar-refractivity contribution in [2.24, 2.45) is 0 Å². The largest absolute Gasteiger partial charge is 0.478 e. The molecule has 0 fully saturated rings. The Balaban J connectivity index is 2.42. The summed E-state index contributed by atoms with van der Waals surface area (Å²) in [5.41, 5.74) is 0.646. The molecule has 1 aromatic carbocycles. The number of carboxylic acid groups (broad SMARTS) is 2. The fourth-order valence-corrected chi connectivity index (χ4v) is 1.41. The van der Waals surface area contributed by atoms with Gasteiger partial charge in [-0.2, -0.15) is 0 Å². The van der Waals surface area contributed by atoms with Gasteiger partial charge in [-0.05, 0) is 24.3 Å². The molecule has 1 aromatic heterocycles. The third-order valence-electron chi connectivity index (χ3n) is 2.21. The van der Waals surface area contributed by atoms with Crippen LogP contribution in [0.2, 0.25) is 0 Å². The quantitative estimate of drug-likeness (QED) is 0.847. The molecule has 0 saturated heterocycles. The Kier molecular flexibility index (Phi) is 2.66. The molecule has 0 bridgehead atoms. The van der Waals surface area contributed by atoms with E-state index in [4.69, 9.17) is 14.6 Å². The van der Waals surface area contributed by atoms with E-state index in [-0.39, 0.29) is 11.3 Å². The number of aromatic carboxylic acids is 2. The third kappa shape index (κ3) is 2.17. The molecule has 17 heavy (non-hydrogen) atoms. The normalized spacial score (nSPS) is 10.1. The molecule has 0 spiro atoms. The molecule has 0 amide bonds. The van der Waals surface area contributed by atoms with Crippen LogP contribution in [0.25, 0.3) is 11.3 Å². The molecule has 0 saturated carbocycles. The van der Waals surface area contributed by atoms with E-state index in [1.807, 2.05) is 0 Å². The second kappa shape index (κ2) is 4.13. The summed E-state index contributed by atoms with van der Waals surface area (Å²) in [5.74, 6) is -2.06. The van der Waals surface area contributed by atoms with Crippen molar-refractivity contribution in [2.45, 2.75) is 0 Å². The number of carboxylic acids is 2. The maximum atomic E-state index is 10.8. The molecule has 0 aliphatic heterocycles. The lowest BCUT2D eigenvalue weighted by atomic mass is 10.1. The van der Waals surface area contributed by atoms with Gasteiger partial charge in [0.1, 0.15) is 5.76 Å². The first-order valence-corrected chi connectivity index (χ1v) is 4.75. The molecule has 2 aromatic rings. The fourth-order valence-electron chi connectivity index (χ4n) is 1.41. The summed E-state index contributed by atoms with van der Waals surface area (Å²) in [7, 11) is 0. The standard InChI is InChI=1S/C12H8O5/c13-11(14)8-3-1-2-7(6-8)9-4-5-10(17-9)12(15)16/h1-6H,(H,13,14)(H,15,16). The molecular formula is C12H8O5. The van der Waals surface area contributed by atoms with E-state index in [1.54, 1.807) is 12.1 Å². The lowest BCUT2D eigenvalue weighted by molar-refractivity contribution is 0.0660. The van der Waals surface area contributed by atoms with Gasteiger partial charge < -0.3 is 14.6 Å². The minimum absolute atomic E-state index is 0.121. The molecule has 0 atom stereocenters. The van der Waals surface area contributed by atoms with Crippen LogP contribution in [0.4, 0.5) is 0 Å². The Morgan fingerprint density at radius 2 is 1.76 bits per heavy atom. The zero-order valence-corrected chi connectivity index (χ0v) is 8.58. The van der Waals surface area contributed by atoms with Gasteiger partial charge in [0.25, 0.3) is 0 Å². The summed E-state index contributed by atoms with van der Waals surface area (Å²) in [6.45, 7) is 0. The summed E-state index contributed by atoms with van der Waals surface area (Å²) in [6.07, 6.45) is 0. The van der Waals surface area contributed by atoms with Gasteiger partial charge in [-0.1, -0.05) is 12.1 Å². The highest BCUT2D eigenvalue weighted by Gasteiger charge is 2.11. The van der Waals surface area contributed by atoms with Gasteiger partial charge in [-0.25, -0.2) is 9.59 Å². The predicted molar refractivity (Wildman–Crippen MR) is 58.1 cm³/mol. The van der Waals surface area contributed by atoms with Crippen LogP contribution in [0, 0.1) is 0 Å². The van der Waals surface area contributed by atoms with Crippen molar-refractivity contribution in [1.82, 2.24) is 0 Å². The van der Waals surface area contributed by atoms with Gasteiger partial charge in [0.15, 0.2) is 0 Å². The first-order valence-electron chi connectivity index (χ1n) is 4.75. The van der Waals surface area contributed by atoms with Crippen LogP contribution < -0.4 is 0 Å². The van der Waals surface area contributed by atoms with Gasteiger partial charge >= 0.3 is 11.9 Å². The number of furan rings is 1. The van der Waals surface area contributed by atoms with Crippen LogP contribution in [0.5, 0.6) is 0 Å². The van der Waals surface area contributed by atoms with Crippen molar-refractivity contribution in [1.29, 1.82) is 0 Å². The summed E-state index contributed by atoms with van der Waals surface area (Å²) in [6, 6.07) is 8.91.